The minimum absolute atomic E-state index is 0.134. The van der Waals surface area contributed by atoms with Crippen molar-refractivity contribution in [2.75, 3.05) is 13.1 Å². The number of hydrogen-bond acceptors (Lipinski definition) is 3. The van der Waals surface area contributed by atoms with Crippen LogP contribution in [0.4, 0.5) is 0 Å². The van der Waals surface area contributed by atoms with E-state index in [9.17, 15) is 9.90 Å². The lowest BCUT2D eigenvalue weighted by molar-refractivity contribution is -0.121. The first-order chi connectivity index (χ1) is 12.2. The zero-order chi connectivity index (χ0) is 17.5. The van der Waals surface area contributed by atoms with E-state index in [4.69, 9.17) is 0 Å². The molecular weight excluding hydrogens is 312 g/mol. The molecule has 1 amide bonds. The van der Waals surface area contributed by atoms with Gasteiger partial charge in [-0.1, -0.05) is 49.9 Å². The zero-order valence-electron chi connectivity index (χ0n) is 15.3. The standard InChI is InChI=1S/C21H32N2O2/c24-20-11-13-23(14-12-20)16-19-8-4-3-7-18(19)15-22-21(25)10-9-17-5-1-2-6-17/h3-4,7-8,17,20,24H,1-2,5-6,9-16H2,(H,22,25). The number of aliphatic hydroxyl groups is 1. The Bertz CT molecular complexity index is 547. The molecule has 0 bridgehead atoms. The number of nitrogens with zero attached hydrogens (tertiary/aromatic N) is 1. The van der Waals surface area contributed by atoms with Crippen LogP contribution in [-0.2, 0) is 17.9 Å². The molecule has 1 saturated carbocycles. The van der Waals surface area contributed by atoms with E-state index < -0.39 is 0 Å². The third-order valence-corrected chi connectivity index (χ3v) is 5.80. The van der Waals surface area contributed by atoms with E-state index in [0.29, 0.717) is 13.0 Å². The molecule has 2 N–H and O–H groups in total. The first-order valence-electron chi connectivity index (χ1n) is 9.94. The molecule has 1 aromatic carbocycles. The maximum atomic E-state index is 12.2. The van der Waals surface area contributed by atoms with E-state index in [1.807, 2.05) is 6.07 Å². The molecule has 25 heavy (non-hydrogen) atoms. The molecule has 0 atom stereocenters. The topological polar surface area (TPSA) is 52.6 Å². The second-order valence-electron chi connectivity index (χ2n) is 7.74. The third-order valence-electron chi connectivity index (χ3n) is 5.80. The van der Waals surface area contributed by atoms with Gasteiger partial charge in [-0.15, -0.1) is 0 Å². The van der Waals surface area contributed by atoms with Crippen LogP contribution in [0, 0.1) is 5.92 Å². The van der Waals surface area contributed by atoms with Crippen molar-refractivity contribution in [2.24, 2.45) is 5.92 Å². The van der Waals surface area contributed by atoms with Crippen LogP contribution in [0.2, 0.25) is 0 Å². The lowest BCUT2D eigenvalue weighted by Gasteiger charge is -2.30. The summed E-state index contributed by atoms with van der Waals surface area (Å²) in [4.78, 5) is 14.6. The summed E-state index contributed by atoms with van der Waals surface area (Å²) in [6.07, 6.45) is 8.59. The van der Waals surface area contributed by atoms with Gasteiger partial charge in [-0.2, -0.15) is 0 Å². The van der Waals surface area contributed by atoms with Gasteiger partial charge in [-0.05, 0) is 36.3 Å². The van der Waals surface area contributed by atoms with Gasteiger partial charge in [0.2, 0.25) is 5.91 Å². The van der Waals surface area contributed by atoms with Gasteiger partial charge in [-0.25, -0.2) is 0 Å². The molecule has 1 aliphatic carbocycles. The van der Waals surface area contributed by atoms with Gasteiger partial charge in [0.1, 0.15) is 0 Å². The van der Waals surface area contributed by atoms with E-state index in [0.717, 1.165) is 44.8 Å². The van der Waals surface area contributed by atoms with E-state index >= 15 is 0 Å². The lowest BCUT2D eigenvalue weighted by Crippen LogP contribution is -2.35. The van der Waals surface area contributed by atoms with Crippen LogP contribution >= 0.6 is 0 Å². The number of amides is 1. The van der Waals surface area contributed by atoms with Gasteiger partial charge < -0.3 is 10.4 Å². The van der Waals surface area contributed by atoms with Crippen molar-refractivity contribution < 1.29 is 9.90 Å². The van der Waals surface area contributed by atoms with E-state index in [-0.39, 0.29) is 12.0 Å². The first kappa shape index (κ1) is 18.4. The number of carbonyl (C=O) groups excluding carboxylic acids is 1. The molecule has 0 spiro atoms. The molecule has 4 nitrogen and oxygen atoms in total. The van der Waals surface area contributed by atoms with E-state index in [1.54, 1.807) is 0 Å². The molecule has 2 aliphatic rings. The number of nitrogens with one attached hydrogen (secondary N) is 1. The lowest BCUT2D eigenvalue weighted by atomic mass is 10.0. The monoisotopic (exact) mass is 344 g/mol. The smallest absolute Gasteiger partial charge is 0.220 e. The Morgan fingerprint density at radius 2 is 1.76 bits per heavy atom. The molecule has 0 aromatic heterocycles. The number of rotatable bonds is 7. The minimum Gasteiger partial charge on any atom is -0.393 e. The minimum atomic E-state index is -0.134. The Morgan fingerprint density at radius 3 is 2.48 bits per heavy atom. The summed E-state index contributed by atoms with van der Waals surface area (Å²) in [6.45, 7) is 3.42. The molecule has 4 heteroatoms. The van der Waals surface area contributed by atoms with Crippen molar-refractivity contribution in [3.63, 3.8) is 0 Å². The van der Waals surface area contributed by atoms with Crippen molar-refractivity contribution in [1.82, 2.24) is 10.2 Å². The van der Waals surface area contributed by atoms with E-state index in [1.165, 1.54) is 36.8 Å². The molecule has 0 radical (unpaired) electrons. The van der Waals surface area contributed by atoms with Crippen molar-refractivity contribution in [2.45, 2.75) is 70.6 Å². The number of benzene rings is 1. The largest absolute Gasteiger partial charge is 0.393 e. The molecule has 0 unspecified atom stereocenters. The Balaban J connectivity index is 1.46. The fourth-order valence-corrected chi connectivity index (χ4v) is 4.12. The number of hydrogen-bond donors (Lipinski definition) is 2. The summed E-state index contributed by atoms with van der Waals surface area (Å²) in [6, 6.07) is 8.39. The first-order valence-corrected chi connectivity index (χ1v) is 9.94. The van der Waals surface area contributed by atoms with Crippen molar-refractivity contribution in [3.05, 3.63) is 35.4 Å². The highest BCUT2D eigenvalue weighted by Gasteiger charge is 2.18. The highest BCUT2D eigenvalue weighted by Crippen LogP contribution is 2.28. The molecule has 2 fully saturated rings. The van der Waals surface area contributed by atoms with Crippen molar-refractivity contribution in [1.29, 1.82) is 0 Å². The molecule has 1 aliphatic heterocycles. The summed E-state index contributed by atoms with van der Waals surface area (Å²) in [5.41, 5.74) is 2.50. The normalized spacial score (nSPS) is 20.0. The quantitative estimate of drug-likeness (QED) is 0.798. The molecule has 138 valence electrons. The maximum Gasteiger partial charge on any atom is 0.220 e. The number of carbonyl (C=O) groups is 1. The zero-order valence-corrected chi connectivity index (χ0v) is 15.3. The van der Waals surface area contributed by atoms with Crippen LogP contribution in [0.3, 0.4) is 0 Å². The Morgan fingerprint density at radius 1 is 1.08 bits per heavy atom. The fourth-order valence-electron chi connectivity index (χ4n) is 4.12. The van der Waals surface area contributed by atoms with Gasteiger partial charge in [0, 0.05) is 32.6 Å². The van der Waals surface area contributed by atoms with Crippen LogP contribution in [0.1, 0.15) is 62.5 Å². The summed E-state index contributed by atoms with van der Waals surface area (Å²) in [5.74, 6) is 0.954. The number of piperidine rings is 1. The Hall–Kier alpha value is -1.39. The average molecular weight is 344 g/mol. The summed E-state index contributed by atoms with van der Waals surface area (Å²) < 4.78 is 0. The second kappa shape index (κ2) is 9.35. The average Bonchev–Trinajstić information content (AvgIpc) is 3.15. The molecule has 3 rings (SSSR count). The highest BCUT2D eigenvalue weighted by molar-refractivity contribution is 5.75. The van der Waals surface area contributed by atoms with Gasteiger partial charge in [-0.3, -0.25) is 9.69 Å². The van der Waals surface area contributed by atoms with Gasteiger partial charge in [0.05, 0.1) is 6.10 Å². The fraction of sp³-hybridized carbons (Fsp3) is 0.667. The van der Waals surface area contributed by atoms with E-state index in [2.05, 4.69) is 28.4 Å². The van der Waals surface area contributed by atoms with Crippen molar-refractivity contribution in [3.8, 4) is 0 Å². The van der Waals surface area contributed by atoms with Crippen LogP contribution in [0.25, 0.3) is 0 Å². The maximum absolute atomic E-state index is 12.2. The highest BCUT2D eigenvalue weighted by atomic mass is 16.3. The predicted molar refractivity (Wildman–Crippen MR) is 100.0 cm³/mol. The van der Waals surface area contributed by atoms with Crippen LogP contribution in [0.5, 0.6) is 0 Å². The summed E-state index contributed by atoms with van der Waals surface area (Å²) in [5, 5.41) is 12.8. The molecule has 1 aromatic rings. The van der Waals surface area contributed by atoms with Crippen molar-refractivity contribution >= 4 is 5.91 Å². The third kappa shape index (κ3) is 5.82. The summed E-state index contributed by atoms with van der Waals surface area (Å²) >= 11 is 0. The summed E-state index contributed by atoms with van der Waals surface area (Å²) in [7, 11) is 0. The van der Waals surface area contributed by atoms with Gasteiger partial charge in [0.15, 0.2) is 0 Å². The van der Waals surface area contributed by atoms with Gasteiger partial charge in [0.25, 0.3) is 0 Å². The van der Waals surface area contributed by atoms with Crippen LogP contribution in [-0.4, -0.2) is 35.1 Å². The Labute approximate surface area is 151 Å². The van der Waals surface area contributed by atoms with Gasteiger partial charge >= 0.3 is 0 Å². The van der Waals surface area contributed by atoms with Crippen LogP contribution in [0.15, 0.2) is 24.3 Å². The predicted octanol–water partition coefficient (Wildman–Crippen LogP) is 3.23. The van der Waals surface area contributed by atoms with Crippen LogP contribution < -0.4 is 5.32 Å². The second-order valence-corrected chi connectivity index (χ2v) is 7.74. The number of likely N-dealkylation sites (tertiary alicyclic amines) is 1. The number of aliphatic hydroxyl groups excluding tert-OH is 1. The molecule has 1 saturated heterocycles. The Kier molecular flexibility index (Phi) is 6.88. The molecular formula is C21H32N2O2. The molecule has 1 heterocycles. The SMILES string of the molecule is O=C(CCC1CCCC1)NCc1ccccc1CN1CCC(O)CC1.